The zero-order valence-corrected chi connectivity index (χ0v) is 17.4. The second-order valence-corrected chi connectivity index (χ2v) is 7.47. The van der Waals surface area contributed by atoms with Crippen molar-refractivity contribution in [1.82, 2.24) is 5.32 Å². The number of carbonyl (C=O) groups is 1. The van der Waals surface area contributed by atoms with Crippen LogP contribution >= 0.6 is 0 Å². The molecule has 0 unspecified atom stereocenters. The van der Waals surface area contributed by atoms with Gasteiger partial charge in [0.05, 0.1) is 6.10 Å². The molecule has 0 saturated heterocycles. The smallest absolute Gasteiger partial charge is 0.260 e. The molecule has 3 rings (SSSR count). The van der Waals surface area contributed by atoms with Crippen molar-refractivity contribution in [1.29, 1.82) is 0 Å². The number of ether oxygens (including phenoxy) is 2. The van der Waals surface area contributed by atoms with Crippen LogP contribution in [0.5, 0.6) is 11.5 Å². The molecular weight excluding hydrogens is 362 g/mol. The first-order valence-electron chi connectivity index (χ1n) is 10.2. The Labute approximate surface area is 172 Å². The largest absolute Gasteiger partial charge is 0.491 e. The fourth-order valence-electron chi connectivity index (χ4n) is 3.15. The Balaban J connectivity index is 1.41. The number of nitrogens with one attached hydrogen (secondary N) is 1. The van der Waals surface area contributed by atoms with Crippen LogP contribution in [0.3, 0.4) is 0 Å². The summed E-state index contributed by atoms with van der Waals surface area (Å²) in [5, 5.41) is 5.21. The van der Waals surface area contributed by atoms with Gasteiger partial charge >= 0.3 is 0 Å². The molecule has 29 heavy (non-hydrogen) atoms. The summed E-state index contributed by atoms with van der Waals surface area (Å²) in [6.07, 6.45) is 1.42. The quantitative estimate of drug-likeness (QED) is 0.514. The van der Waals surface area contributed by atoms with Gasteiger partial charge in [0.1, 0.15) is 11.5 Å². The Morgan fingerprint density at radius 2 is 1.55 bits per heavy atom. The Bertz CT molecular complexity index is 934. The van der Waals surface area contributed by atoms with Gasteiger partial charge in [-0.2, -0.15) is 0 Å². The number of carbonyl (C=O) groups excluding carboxylic acids is 1. The molecule has 1 atom stereocenters. The summed E-state index contributed by atoms with van der Waals surface area (Å²) < 4.78 is 11.5. The molecule has 0 bridgehead atoms. The monoisotopic (exact) mass is 391 g/mol. The van der Waals surface area contributed by atoms with Gasteiger partial charge in [-0.05, 0) is 74.2 Å². The lowest BCUT2D eigenvalue weighted by molar-refractivity contribution is -0.127. The van der Waals surface area contributed by atoms with Crippen molar-refractivity contribution in [2.45, 2.75) is 45.8 Å². The topological polar surface area (TPSA) is 47.6 Å². The van der Waals surface area contributed by atoms with Crippen LogP contribution in [0.2, 0.25) is 0 Å². The van der Waals surface area contributed by atoms with Gasteiger partial charge in [0.15, 0.2) is 6.10 Å². The summed E-state index contributed by atoms with van der Waals surface area (Å²) in [5.74, 6) is 1.49. The normalized spacial score (nSPS) is 12.0. The van der Waals surface area contributed by atoms with E-state index >= 15 is 0 Å². The van der Waals surface area contributed by atoms with E-state index in [1.54, 1.807) is 6.92 Å². The molecule has 0 aliphatic carbocycles. The maximum absolute atomic E-state index is 12.3. The molecule has 0 aliphatic rings. The predicted octanol–water partition coefficient (Wildman–Crippen LogP) is 5.14. The van der Waals surface area contributed by atoms with E-state index < -0.39 is 6.10 Å². The van der Waals surface area contributed by atoms with E-state index in [-0.39, 0.29) is 12.0 Å². The van der Waals surface area contributed by atoms with Crippen LogP contribution in [0.4, 0.5) is 0 Å². The van der Waals surface area contributed by atoms with Gasteiger partial charge in [0, 0.05) is 6.54 Å². The van der Waals surface area contributed by atoms with Gasteiger partial charge < -0.3 is 14.8 Å². The number of benzene rings is 3. The minimum Gasteiger partial charge on any atom is -0.491 e. The average molecular weight is 392 g/mol. The fourth-order valence-corrected chi connectivity index (χ4v) is 3.15. The van der Waals surface area contributed by atoms with Gasteiger partial charge in [-0.1, -0.05) is 42.5 Å². The van der Waals surface area contributed by atoms with Crippen LogP contribution in [0.25, 0.3) is 10.8 Å². The zero-order valence-electron chi connectivity index (χ0n) is 17.4. The second kappa shape index (κ2) is 9.97. The molecule has 0 spiro atoms. The zero-order chi connectivity index (χ0) is 20.6. The summed E-state index contributed by atoms with van der Waals surface area (Å²) in [5.41, 5.74) is 1.23. The number of aryl methyl sites for hydroxylation is 1. The molecule has 4 nitrogen and oxygen atoms in total. The molecule has 0 fully saturated rings. The number of amides is 1. The van der Waals surface area contributed by atoms with Crippen molar-refractivity contribution in [2.24, 2.45) is 0 Å². The van der Waals surface area contributed by atoms with Crippen LogP contribution in [-0.4, -0.2) is 24.7 Å². The lowest BCUT2D eigenvalue weighted by Gasteiger charge is -2.15. The highest BCUT2D eigenvalue weighted by molar-refractivity contribution is 5.84. The molecule has 0 saturated carbocycles. The second-order valence-electron chi connectivity index (χ2n) is 7.47. The van der Waals surface area contributed by atoms with Crippen molar-refractivity contribution in [2.75, 3.05) is 6.54 Å². The van der Waals surface area contributed by atoms with Crippen LogP contribution < -0.4 is 14.8 Å². The minimum atomic E-state index is -0.538. The Morgan fingerprint density at radius 3 is 2.28 bits per heavy atom. The van der Waals surface area contributed by atoms with E-state index in [9.17, 15) is 4.79 Å². The molecule has 3 aromatic rings. The SMILES string of the molecule is CC(C)Oc1ccc(CCCNC(=O)[C@H](C)Oc2ccc3ccccc3c2)cc1. The molecule has 152 valence electrons. The lowest BCUT2D eigenvalue weighted by atomic mass is 10.1. The Hall–Kier alpha value is -3.01. The third kappa shape index (κ3) is 6.24. The highest BCUT2D eigenvalue weighted by Gasteiger charge is 2.14. The van der Waals surface area contributed by atoms with E-state index in [4.69, 9.17) is 9.47 Å². The molecule has 4 heteroatoms. The number of fused-ring (bicyclic) bond motifs is 1. The maximum atomic E-state index is 12.3. The van der Waals surface area contributed by atoms with Crippen LogP contribution in [-0.2, 0) is 11.2 Å². The van der Waals surface area contributed by atoms with Crippen molar-refractivity contribution < 1.29 is 14.3 Å². The number of rotatable bonds is 9. The molecule has 1 N–H and O–H groups in total. The summed E-state index contributed by atoms with van der Waals surface area (Å²) in [4.78, 5) is 12.3. The Morgan fingerprint density at radius 1 is 0.862 bits per heavy atom. The predicted molar refractivity (Wildman–Crippen MR) is 118 cm³/mol. The van der Waals surface area contributed by atoms with E-state index in [0.29, 0.717) is 12.3 Å². The van der Waals surface area contributed by atoms with E-state index in [0.717, 1.165) is 29.4 Å². The first kappa shape index (κ1) is 20.7. The van der Waals surface area contributed by atoms with Gasteiger partial charge in [-0.3, -0.25) is 4.79 Å². The van der Waals surface area contributed by atoms with Crippen LogP contribution in [0.15, 0.2) is 66.7 Å². The minimum absolute atomic E-state index is 0.0983. The lowest BCUT2D eigenvalue weighted by Crippen LogP contribution is -2.36. The first-order chi connectivity index (χ1) is 14.0. The van der Waals surface area contributed by atoms with Crippen molar-refractivity contribution in [3.8, 4) is 11.5 Å². The summed E-state index contributed by atoms with van der Waals surface area (Å²) in [6.45, 7) is 6.43. The van der Waals surface area contributed by atoms with Crippen molar-refractivity contribution in [3.05, 3.63) is 72.3 Å². The van der Waals surface area contributed by atoms with Gasteiger partial charge in [-0.15, -0.1) is 0 Å². The summed E-state index contributed by atoms with van der Waals surface area (Å²) in [7, 11) is 0. The third-order valence-electron chi connectivity index (χ3n) is 4.64. The first-order valence-corrected chi connectivity index (χ1v) is 10.2. The third-order valence-corrected chi connectivity index (χ3v) is 4.64. The summed E-state index contributed by atoms with van der Waals surface area (Å²) >= 11 is 0. The molecule has 3 aromatic carbocycles. The molecule has 0 aliphatic heterocycles. The molecule has 1 amide bonds. The van der Waals surface area contributed by atoms with Gasteiger partial charge in [0.2, 0.25) is 0 Å². The van der Waals surface area contributed by atoms with Crippen molar-refractivity contribution >= 4 is 16.7 Å². The maximum Gasteiger partial charge on any atom is 0.260 e. The van der Waals surface area contributed by atoms with Crippen LogP contribution in [0.1, 0.15) is 32.8 Å². The molecule has 0 heterocycles. The standard InChI is InChI=1S/C25H29NO3/c1-18(2)28-23-13-10-20(11-14-23)7-6-16-26-25(27)19(3)29-24-15-12-21-8-4-5-9-22(21)17-24/h4-5,8-15,17-19H,6-7,16H2,1-3H3,(H,26,27)/t19-/m0/s1. The molecule has 0 radical (unpaired) electrons. The molecule has 0 aromatic heterocycles. The average Bonchev–Trinajstić information content (AvgIpc) is 2.71. The van der Waals surface area contributed by atoms with E-state index in [1.807, 2.05) is 62.4 Å². The van der Waals surface area contributed by atoms with Crippen molar-refractivity contribution in [3.63, 3.8) is 0 Å². The number of hydrogen-bond donors (Lipinski definition) is 1. The highest BCUT2D eigenvalue weighted by Crippen LogP contribution is 2.21. The fraction of sp³-hybridized carbons (Fsp3) is 0.320. The summed E-state index contributed by atoms with van der Waals surface area (Å²) in [6, 6.07) is 22.1. The number of hydrogen-bond acceptors (Lipinski definition) is 3. The molecular formula is C25H29NO3. The van der Waals surface area contributed by atoms with Gasteiger partial charge in [0.25, 0.3) is 5.91 Å². The Kier molecular flexibility index (Phi) is 7.12. The van der Waals surface area contributed by atoms with E-state index in [2.05, 4.69) is 23.5 Å². The van der Waals surface area contributed by atoms with E-state index in [1.165, 1.54) is 5.56 Å². The van der Waals surface area contributed by atoms with Gasteiger partial charge in [-0.25, -0.2) is 0 Å². The van der Waals surface area contributed by atoms with Crippen LogP contribution in [0, 0.1) is 0 Å². The highest BCUT2D eigenvalue weighted by atomic mass is 16.5.